The predicted molar refractivity (Wildman–Crippen MR) is 121 cm³/mol. The third-order valence-electron chi connectivity index (χ3n) is 6.21. The number of rotatable bonds is 4. The van der Waals surface area contributed by atoms with E-state index in [1.807, 2.05) is 26.0 Å². The number of hydrogen-bond donors (Lipinski definition) is 0. The zero-order valence-corrected chi connectivity index (χ0v) is 18.8. The molecule has 6 nitrogen and oxygen atoms in total. The smallest absolute Gasteiger partial charge is 0.232 e. The number of nitrogens with zero attached hydrogens (tertiary/aromatic N) is 2. The molecule has 1 amide bonds. The van der Waals surface area contributed by atoms with E-state index in [4.69, 9.17) is 14.7 Å². The summed E-state index contributed by atoms with van der Waals surface area (Å²) in [7, 11) is 3.13. The van der Waals surface area contributed by atoms with Crippen LogP contribution in [-0.2, 0) is 9.59 Å². The van der Waals surface area contributed by atoms with Gasteiger partial charge in [-0.05, 0) is 42.2 Å². The Morgan fingerprint density at radius 3 is 2.38 bits per heavy atom. The van der Waals surface area contributed by atoms with Gasteiger partial charge < -0.3 is 9.47 Å². The first-order valence-electron chi connectivity index (χ1n) is 10.6. The van der Waals surface area contributed by atoms with E-state index in [0.717, 1.165) is 11.3 Å². The molecule has 32 heavy (non-hydrogen) atoms. The lowest BCUT2D eigenvalue weighted by Gasteiger charge is -2.43. The lowest BCUT2D eigenvalue weighted by atomic mass is 9.69. The summed E-state index contributed by atoms with van der Waals surface area (Å²) < 4.78 is 11.1. The Bertz CT molecular complexity index is 1160. The normalized spacial score (nSPS) is 20.0. The average molecular weight is 431 g/mol. The predicted octanol–water partition coefficient (Wildman–Crippen LogP) is 4.74. The van der Waals surface area contributed by atoms with Crippen molar-refractivity contribution in [2.45, 2.75) is 39.0 Å². The second kappa shape index (κ2) is 8.16. The van der Waals surface area contributed by atoms with Crippen molar-refractivity contribution in [1.82, 2.24) is 0 Å². The number of Topliss-reactive ketones (excluding diaryl/α,β-unsaturated/α-hetero) is 1. The first kappa shape index (κ1) is 21.6. The van der Waals surface area contributed by atoms with Gasteiger partial charge in [0.25, 0.3) is 0 Å². The Kier molecular flexibility index (Phi) is 5.52. The number of anilines is 1. The van der Waals surface area contributed by atoms with Crippen molar-refractivity contribution >= 4 is 17.4 Å². The number of ether oxygens (including phenoxy) is 2. The molecule has 0 fully saturated rings. The van der Waals surface area contributed by atoms with Crippen molar-refractivity contribution in [3.8, 4) is 17.6 Å². The van der Waals surface area contributed by atoms with Crippen molar-refractivity contribution in [1.29, 1.82) is 5.26 Å². The van der Waals surface area contributed by atoms with Crippen molar-refractivity contribution in [2.24, 2.45) is 5.41 Å². The fourth-order valence-electron chi connectivity index (χ4n) is 4.85. The van der Waals surface area contributed by atoms with Gasteiger partial charge in [-0.1, -0.05) is 26.0 Å². The standard InChI is InChI=1S/C26H26N2O4/c1-26(2)13-20-24(21(29)14-26)19(18-6-5-7-22(31-3)25(18)32-4)12-23(30)28(20)17-10-8-16(15-27)9-11-17/h5-11,19H,12-14H2,1-4H3. The number of carbonyl (C=O) groups is 2. The monoisotopic (exact) mass is 430 g/mol. The molecule has 4 rings (SSSR count). The third kappa shape index (κ3) is 3.64. The van der Waals surface area contributed by atoms with E-state index in [-0.39, 0.29) is 23.5 Å². The van der Waals surface area contributed by atoms with Crippen molar-refractivity contribution in [3.63, 3.8) is 0 Å². The van der Waals surface area contributed by atoms with E-state index in [0.29, 0.717) is 41.2 Å². The van der Waals surface area contributed by atoms with Gasteiger partial charge in [-0.15, -0.1) is 0 Å². The quantitative estimate of drug-likeness (QED) is 0.700. The molecule has 1 heterocycles. The molecule has 1 aliphatic heterocycles. The van der Waals surface area contributed by atoms with Crippen LogP contribution < -0.4 is 14.4 Å². The largest absolute Gasteiger partial charge is 0.493 e. The summed E-state index contributed by atoms with van der Waals surface area (Å²) in [6.45, 7) is 4.09. The van der Waals surface area contributed by atoms with Crippen molar-refractivity contribution < 1.29 is 19.1 Å². The van der Waals surface area contributed by atoms with Gasteiger partial charge in [0, 0.05) is 41.3 Å². The highest BCUT2D eigenvalue weighted by Gasteiger charge is 2.45. The fourth-order valence-corrected chi connectivity index (χ4v) is 4.85. The van der Waals surface area contributed by atoms with E-state index in [9.17, 15) is 9.59 Å². The number of para-hydroxylation sites is 1. The zero-order valence-electron chi connectivity index (χ0n) is 18.8. The highest BCUT2D eigenvalue weighted by Crippen LogP contribution is 2.50. The highest BCUT2D eigenvalue weighted by molar-refractivity contribution is 6.08. The molecule has 0 N–H and O–H groups in total. The van der Waals surface area contributed by atoms with E-state index >= 15 is 0 Å². The van der Waals surface area contributed by atoms with Gasteiger partial charge in [-0.3, -0.25) is 14.5 Å². The zero-order chi connectivity index (χ0) is 23.0. The van der Waals surface area contributed by atoms with E-state index in [2.05, 4.69) is 6.07 Å². The number of nitriles is 1. The minimum absolute atomic E-state index is 0.0530. The number of amides is 1. The van der Waals surface area contributed by atoms with Gasteiger partial charge >= 0.3 is 0 Å². The SMILES string of the molecule is COc1cccc(C2CC(=O)N(c3ccc(C#N)cc3)C3=C2C(=O)CC(C)(C)C3)c1OC. The summed E-state index contributed by atoms with van der Waals surface area (Å²) in [6, 6.07) is 14.6. The van der Waals surface area contributed by atoms with Crippen LogP contribution in [0.2, 0.25) is 0 Å². The van der Waals surface area contributed by atoms with E-state index in [1.54, 1.807) is 49.5 Å². The summed E-state index contributed by atoms with van der Waals surface area (Å²) in [5.41, 5.74) is 3.11. The van der Waals surface area contributed by atoms with E-state index < -0.39 is 5.92 Å². The van der Waals surface area contributed by atoms with Gasteiger partial charge in [-0.2, -0.15) is 5.26 Å². The van der Waals surface area contributed by atoms with Gasteiger partial charge in [0.15, 0.2) is 17.3 Å². The number of benzene rings is 2. The van der Waals surface area contributed by atoms with E-state index in [1.165, 1.54) is 0 Å². The van der Waals surface area contributed by atoms with Gasteiger partial charge in [0.05, 0.1) is 25.9 Å². The summed E-state index contributed by atoms with van der Waals surface area (Å²) in [5.74, 6) is 0.675. The highest BCUT2D eigenvalue weighted by atomic mass is 16.5. The molecule has 2 aromatic carbocycles. The maximum absolute atomic E-state index is 13.5. The topological polar surface area (TPSA) is 79.6 Å². The molecule has 0 saturated heterocycles. The summed E-state index contributed by atoms with van der Waals surface area (Å²) in [6.07, 6.45) is 1.17. The first-order valence-corrected chi connectivity index (χ1v) is 10.6. The molecule has 1 unspecified atom stereocenters. The second-order valence-electron chi connectivity index (χ2n) is 9.03. The number of allylic oxidation sites excluding steroid dienone is 2. The molecule has 6 heteroatoms. The maximum atomic E-state index is 13.5. The summed E-state index contributed by atoms with van der Waals surface area (Å²) in [5, 5.41) is 9.13. The molecule has 0 spiro atoms. The summed E-state index contributed by atoms with van der Waals surface area (Å²) >= 11 is 0. The number of hydrogen-bond acceptors (Lipinski definition) is 5. The van der Waals surface area contributed by atoms with Crippen LogP contribution in [0.3, 0.4) is 0 Å². The first-order chi connectivity index (χ1) is 15.3. The van der Waals surface area contributed by atoms with Gasteiger partial charge in [0.2, 0.25) is 5.91 Å². The van der Waals surface area contributed by atoms with Crippen LogP contribution in [0, 0.1) is 16.7 Å². The summed E-state index contributed by atoms with van der Waals surface area (Å²) in [4.78, 5) is 28.6. The van der Waals surface area contributed by atoms with Crippen molar-refractivity contribution in [3.05, 3.63) is 64.9 Å². The molecule has 0 bridgehead atoms. The van der Waals surface area contributed by atoms with Crippen LogP contribution >= 0.6 is 0 Å². The van der Waals surface area contributed by atoms with Gasteiger partial charge in [-0.25, -0.2) is 0 Å². The van der Waals surface area contributed by atoms with Crippen LogP contribution in [0.1, 0.15) is 50.2 Å². The number of carbonyl (C=O) groups excluding carboxylic acids is 2. The van der Waals surface area contributed by atoms with Crippen LogP contribution in [0.15, 0.2) is 53.7 Å². The molecule has 0 radical (unpaired) electrons. The fraction of sp³-hybridized carbons (Fsp3) is 0.346. The van der Waals surface area contributed by atoms with Crippen LogP contribution in [0.25, 0.3) is 0 Å². The Morgan fingerprint density at radius 2 is 1.75 bits per heavy atom. The molecule has 1 aliphatic carbocycles. The Balaban J connectivity index is 1.92. The molecule has 2 aliphatic rings. The molecule has 1 atom stereocenters. The van der Waals surface area contributed by atoms with Crippen LogP contribution in [-0.4, -0.2) is 25.9 Å². The minimum atomic E-state index is -0.402. The third-order valence-corrected chi connectivity index (χ3v) is 6.21. The number of ketones is 1. The lowest BCUT2D eigenvalue weighted by molar-refractivity contribution is -0.121. The Labute approximate surface area is 188 Å². The second-order valence-corrected chi connectivity index (χ2v) is 9.03. The molecule has 2 aromatic rings. The molecular weight excluding hydrogens is 404 g/mol. The maximum Gasteiger partial charge on any atom is 0.232 e. The van der Waals surface area contributed by atoms with Crippen molar-refractivity contribution in [2.75, 3.05) is 19.1 Å². The molecule has 0 aromatic heterocycles. The Morgan fingerprint density at radius 1 is 1.03 bits per heavy atom. The molecule has 0 saturated carbocycles. The lowest BCUT2D eigenvalue weighted by Crippen LogP contribution is -2.43. The van der Waals surface area contributed by atoms with Crippen LogP contribution in [0.4, 0.5) is 5.69 Å². The van der Waals surface area contributed by atoms with Gasteiger partial charge in [0.1, 0.15) is 0 Å². The minimum Gasteiger partial charge on any atom is -0.493 e. The average Bonchev–Trinajstić information content (AvgIpc) is 2.77. The Hall–Kier alpha value is -3.59. The van der Waals surface area contributed by atoms with Crippen LogP contribution in [0.5, 0.6) is 11.5 Å². The molecular formula is C26H26N2O4. The number of methoxy groups -OCH3 is 2. The molecule has 164 valence electrons.